The summed E-state index contributed by atoms with van der Waals surface area (Å²) in [6.07, 6.45) is 1.79. The van der Waals surface area contributed by atoms with E-state index in [0.717, 1.165) is 28.1 Å². The fourth-order valence-electron chi connectivity index (χ4n) is 1.94. The molecule has 94 valence electrons. The smallest absolute Gasteiger partial charge is 0.130 e. The molecule has 19 heavy (non-hydrogen) atoms. The minimum atomic E-state index is 0.702. The van der Waals surface area contributed by atoms with Crippen LogP contribution in [-0.2, 0) is 0 Å². The minimum absolute atomic E-state index is 0.702. The number of aromatic nitrogens is 2. The van der Waals surface area contributed by atoms with E-state index < -0.39 is 0 Å². The summed E-state index contributed by atoms with van der Waals surface area (Å²) < 4.78 is 0. The average Bonchev–Trinajstić information content (AvgIpc) is 2.43. The number of nitrogen functional groups attached to an aromatic ring is 1. The summed E-state index contributed by atoms with van der Waals surface area (Å²) in [7, 11) is 0. The van der Waals surface area contributed by atoms with Crippen molar-refractivity contribution >= 4 is 28.1 Å². The molecule has 0 saturated carbocycles. The SMILES string of the molecule is Cc1nc(Nc2ccc3ncccc3c2)ccc1N. The predicted molar refractivity (Wildman–Crippen MR) is 78.4 cm³/mol. The average molecular weight is 250 g/mol. The van der Waals surface area contributed by atoms with Crippen molar-refractivity contribution in [3.05, 3.63) is 54.4 Å². The minimum Gasteiger partial charge on any atom is -0.397 e. The molecule has 0 spiro atoms. The number of hydrogen-bond acceptors (Lipinski definition) is 4. The molecule has 2 heterocycles. The number of nitrogens with two attached hydrogens (primary N) is 1. The maximum atomic E-state index is 5.76. The molecular weight excluding hydrogens is 236 g/mol. The van der Waals surface area contributed by atoms with Gasteiger partial charge in [0.05, 0.1) is 16.9 Å². The van der Waals surface area contributed by atoms with Crippen LogP contribution in [0.1, 0.15) is 5.69 Å². The van der Waals surface area contributed by atoms with E-state index >= 15 is 0 Å². The maximum Gasteiger partial charge on any atom is 0.130 e. The van der Waals surface area contributed by atoms with Crippen molar-refractivity contribution in [2.45, 2.75) is 6.92 Å². The fourth-order valence-corrected chi connectivity index (χ4v) is 1.94. The molecule has 0 radical (unpaired) electrons. The molecule has 0 saturated heterocycles. The molecule has 3 N–H and O–H groups in total. The number of nitrogens with one attached hydrogen (secondary N) is 1. The normalized spacial score (nSPS) is 10.6. The molecule has 2 aromatic heterocycles. The Hall–Kier alpha value is -2.62. The second-order valence-electron chi connectivity index (χ2n) is 4.41. The zero-order valence-corrected chi connectivity index (χ0v) is 10.6. The zero-order valence-electron chi connectivity index (χ0n) is 10.6. The first-order chi connectivity index (χ1) is 9.22. The maximum absolute atomic E-state index is 5.76. The molecule has 3 aromatic rings. The van der Waals surface area contributed by atoms with Crippen LogP contribution in [0, 0.1) is 6.92 Å². The zero-order chi connectivity index (χ0) is 13.2. The number of nitrogens with zero attached hydrogens (tertiary/aromatic N) is 2. The van der Waals surface area contributed by atoms with Gasteiger partial charge in [-0.25, -0.2) is 4.98 Å². The summed E-state index contributed by atoms with van der Waals surface area (Å²) in [6.45, 7) is 1.89. The third kappa shape index (κ3) is 2.33. The Balaban J connectivity index is 1.94. The topological polar surface area (TPSA) is 63.8 Å². The summed E-state index contributed by atoms with van der Waals surface area (Å²) >= 11 is 0. The number of rotatable bonds is 2. The van der Waals surface area contributed by atoms with Crippen LogP contribution in [0.25, 0.3) is 10.9 Å². The second-order valence-corrected chi connectivity index (χ2v) is 4.41. The number of anilines is 3. The molecule has 0 amide bonds. The lowest BCUT2D eigenvalue weighted by Crippen LogP contribution is -1.98. The lowest BCUT2D eigenvalue weighted by molar-refractivity contribution is 1.20. The molecule has 0 aliphatic rings. The van der Waals surface area contributed by atoms with Gasteiger partial charge in [0, 0.05) is 17.3 Å². The van der Waals surface area contributed by atoms with E-state index in [0.29, 0.717) is 5.69 Å². The molecule has 0 fully saturated rings. The third-order valence-electron chi connectivity index (χ3n) is 3.00. The third-order valence-corrected chi connectivity index (χ3v) is 3.00. The van der Waals surface area contributed by atoms with Crippen molar-refractivity contribution in [2.75, 3.05) is 11.1 Å². The van der Waals surface area contributed by atoms with Crippen molar-refractivity contribution in [1.82, 2.24) is 9.97 Å². The fraction of sp³-hybridized carbons (Fsp3) is 0.0667. The molecule has 0 aliphatic heterocycles. The van der Waals surface area contributed by atoms with E-state index in [4.69, 9.17) is 5.73 Å². The van der Waals surface area contributed by atoms with Crippen LogP contribution < -0.4 is 11.1 Å². The highest BCUT2D eigenvalue weighted by Gasteiger charge is 2.01. The van der Waals surface area contributed by atoms with Crippen LogP contribution in [0.3, 0.4) is 0 Å². The van der Waals surface area contributed by atoms with Gasteiger partial charge in [0.1, 0.15) is 5.82 Å². The molecular formula is C15H14N4. The van der Waals surface area contributed by atoms with Crippen molar-refractivity contribution in [3.8, 4) is 0 Å². The molecule has 0 aliphatic carbocycles. The largest absolute Gasteiger partial charge is 0.397 e. The molecule has 4 nitrogen and oxygen atoms in total. The lowest BCUT2D eigenvalue weighted by Gasteiger charge is -2.08. The van der Waals surface area contributed by atoms with E-state index in [1.807, 2.05) is 43.3 Å². The number of hydrogen-bond donors (Lipinski definition) is 2. The van der Waals surface area contributed by atoms with E-state index in [9.17, 15) is 0 Å². The Morgan fingerprint density at radius 3 is 2.84 bits per heavy atom. The van der Waals surface area contributed by atoms with Gasteiger partial charge in [-0.2, -0.15) is 0 Å². The summed E-state index contributed by atoms with van der Waals surface area (Å²) in [6, 6.07) is 13.7. The Bertz CT molecular complexity index is 737. The summed E-state index contributed by atoms with van der Waals surface area (Å²) in [5, 5.41) is 4.37. The van der Waals surface area contributed by atoms with Gasteiger partial charge in [-0.15, -0.1) is 0 Å². The monoisotopic (exact) mass is 250 g/mol. The van der Waals surface area contributed by atoms with Gasteiger partial charge < -0.3 is 11.1 Å². The molecule has 0 bridgehead atoms. The van der Waals surface area contributed by atoms with E-state index in [2.05, 4.69) is 21.4 Å². The van der Waals surface area contributed by atoms with Crippen LogP contribution in [0.15, 0.2) is 48.7 Å². The summed E-state index contributed by atoms with van der Waals surface area (Å²) in [4.78, 5) is 8.69. The quantitative estimate of drug-likeness (QED) is 0.732. The lowest BCUT2D eigenvalue weighted by atomic mass is 10.2. The van der Waals surface area contributed by atoms with Gasteiger partial charge in [0.2, 0.25) is 0 Å². The Morgan fingerprint density at radius 1 is 1.11 bits per heavy atom. The van der Waals surface area contributed by atoms with E-state index in [1.54, 1.807) is 6.20 Å². The van der Waals surface area contributed by atoms with Crippen LogP contribution >= 0.6 is 0 Å². The first-order valence-corrected chi connectivity index (χ1v) is 6.07. The molecule has 1 aromatic carbocycles. The summed E-state index contributed by atoms with van der Waals surface area (Å²) in [5.41, 5.74) is 9.25. The van der Waals surface area contributed by atoms with E-state index in [-0.39, 0.29) is 0 Å². The first kappa shape index (κ1) is 11.5. The van der Waals surface area contributed by atoms with E-state index in [1.165, 1.54) is 0 Å². The number of fused-ring (bicyclic) bond motifs is 1. The van der Waals surface area contributed by atoms with Crippen LogP contribution in [0.4, 0.5) is 17.2 Å². The van der Waals surface area contributed by atoms with Crippen molar-refractivity contribution in [1.29, 1.82) is 0 Å². The predicted octanol–water partition coefficient (Wildman–Crippen LogP) is 3.26. The highest BCUT2D eigenvalue weighted by Crippen LogP contribution is 2.21. The molecule has 0 atom stereocenters. The standard InChI is InChI=1S/C15H14N4/c1-10-13(16)5-7-15(18-10)19-12-4-6-14-11(9-12)3-2-8-17-14/h2-9H,16H2,1H3,(H,18,19). The molecule has 4 heteroatoms. The van der Waals surface area contributed by atoms with Gasteiger partial charge in [-0.1, -0.05) is 6.07 Å². The van der Waals surface area contributed by atoms with Crippen molar-refractivity contribution in [3.63, 3.8) is 0 Å². The first-order valence-electron chi connectivity index (χ1n) is 6.07. The highest BCUT2D eigenvalue weighted by atomic mass is 15.0. The van der Waals surface area contributed by atoms with Crippen LogP contribution in [-0.4, -0.2) is 9.97 Å². The van der Waals surface area contributed by atoms with Crippen molar-refractivity contribution < 1.29 is 0 Å². The van der Waals surface area contributed by atoms with Gasteiger partial charge in [-0.3, -0.25) is 4.98 Å². The molecule has 0 unspecified atom stereocenters. The Labute approximate surface area is 111 Å². The Kier molecular flexibility index (Phi) is 2.76. The second kappa shape index (κ2) is 4.57. The number of benzene rings is 1. The van der Waals surface area contributed by atoms with Gasteiger partial charge in [0.15, 0.2) is 0 Å². The molecule has 3 rings (SSSR count). The highest BCUT2D eigenvalue weighted by molar-refractivity contribution is 5.83. The van der Waals surface area contributed by atoms with Crippen LogP contribution in [0.2, 0.25) is 0 Å². The summed E-state index contributed by atoms with van der Waals surface area (Å²) in [5.74, 6) is 0.787. The van der Waals surface area contributed by atoms with Crippen molar-refractivity contribution in [2.24, 2.45) is 0 Å². The number of pyridine rings is 2. The van der Waals surface area contributed by atoms with Crippen LogP contribution in [0.5, 0.6) is 0 Å². The Morgan fingerprint density at radius 2 is 2.00 bits per heavy atom. The number of aryl methyl sites for hydroxylation is 1. The van der Waals surface area contributed by atoms with Gasteiger partial charge >= 0.3 is 0 Å². The van der Waals surface area contributed by atoms with Gasteiger partial charge in [-0.05, 0) is 43.3 Å². The van der Waals surface area contributed by atoms with Gasteiger partial charge in [0.25, 0.3) is 0 Å².